The molecule has 0 saturated carbocycles. The van der Waals surface area contributed by atoms with Crippen LogP contribution in [0.2, 0.25) is 0 Å². The van der Waals surface area contributed by atoms with E-state index in [-0.39, 0.29) is 0 Å². The summed E-state index contributed by atoms with van der Waals surface area (Å²) in [7, 11) is 0. The van der Waals surface area contributed by atoms with Gasteiger partial charge in [-0.1, -0.05) is 0 Å². The molecule has 1 heterocycles. The fraction of sp³-hybridized carbons (Fsp3) is 0.286. The lowest BCUT2D eigenvalue weighted by Gasteiger charge is -2.08. The van der Waals surface area contributed by atoms with E-state index < -0.39 is 23.1 Å². The third-order valence-electron chi connectivity index (χ3n) is 1.46. The minimum absolute atomic E-state index is 0.419. The molecule has 5 heteroatoms. The molecule has 0 aliphatic heterocycles. The van der Waals surface area contributed by atoms with Crippen LogP contribution in [-0.4, -0.2) is 4.98 Å². The van der Waals surface area contributed by atoms with Gasteiger partial charge >= 0.3 is 6.18 Å². The van der Waals surface area contributed by atoms with Gasteiger partial charge in [-0.25, -0.2) is 4.39 Å². The van der Waals surface area contributed by atoms with Crippen LogP contribution in [0.1, 0.15) is 11.1 Å². The maximum absolute atomic E-state index is 12.5. The van der Waals surface area contributed by atoms with Crippen LogP contribution >= 0.6 is 0 Å². The number of rotatable bonds is 0. The Hall–Kier alpha value is -1.13. The molecule has 0 aromatic carbocycles. The van der Waals surface area contributed by atoms with Crippen molar-refractivity contribution in [2.75, 3.05) is 0 Å². The van der Waals surface area contributed by atoms with Crippen molar-refractivity contribution in [1.29, 1.82) is 0 Å². The third kappa shape index (κ3) is 1.54. The molecule has 0 atom stereocenters. The van der Waals surface area contributed by atoms with Gasteiger partial charge in [0.2, 0.25) is 0 Å². The minimum atomic E-state index is -4.53. The van der Waals surface area contributed by atoms with E-state index in [0.717, 1.165) is 13.1 Å². The van der Waals surface area contributed by atoms with Crippen molar-refractivity contribution in [1.82, 2.24) is 4.98 Å². The molecule has 0 aliphatic carbocycles. The number of hydrogen-bond acceptors (Lipinski definition) is 1. The molecule has 1 rings (SSSR count). The molecule has 0 saturated heterocycles. The Kier molecular flexibility index (Phi) is 2.04. The molecular weight excluding hydrogens is 174 g/mol. The second-order valence-corrected chi connectivity index (χ2v) is 2.29. The zero-order chi connectivity index (χ0) is 9.35. The summed E-state index contributed by atoms with van der Waals surface area (Å²) in [5.41, 5.74) is -1.44. The van der Waals surface area contributed by atoms with Gasteiger partial charge in [0.1, 0.15) is 5.82 Å². The fourth-order valence-electron chi connectivity index (χ4n) is 0.785. The van der Waals surface area contributed by atoms with E-state index in [1.807, 2.05) is 0 Å². The first-order valence-corrected chi connectivity index (χ1v) is 3.10. The van der Waals surface area contributed by atoms with Gasteiger partial charge in [-0.3, -0.25) is 4.98 Å². The summed E-state index contributed by atoms with van der Waals surface area (Å²) >= 11 is 0. The van der Waals surface area contributed by atoms with Gasteiger partial charge in [0.25, 0.3) is 0 Å². The molecule has 12 heavy (non-hydrogen) atoms. The highest BCUT2D eigenvalue weighted by Gasteiger charge is 2.33. The summed E-state index contributed by atoms with van der Waals surface area (Å²) in [6.07, 6.45) is -3.16. The second-order valence-electron chi connectivity index (χ2n) is 2.29. The van der Waals surface area contributed by atoms with E-state index in [2.05, 4.69) is 4.98 Å². The highest BCUT2D eigenvalue weighted by atomic mass is 19.4. The number of hydrogen-bond donors (Lipinski definition) is 0. The molecule has 1 aromatic heterocycles. The predicted octanol–water partition coefficient (Wildman–Crippen LogP) is 2.55. The van der Waals surface area contributed by atoms with Crippen molar-refractivity contribution in [3.05, 3.63) is 29.3 Å². The SMILES string of the molecule is Cc1c(F)cncc1C(F)(F)F. The highest BCUT2D eigenvalue weighted by Crippen LogP contribution is 2.31. The van der Waals surface area contributed by atoms with Gasteiger partial charge in [0, 0.05) is 11.8 Å². The molecule has 1 nitrogen and oxygen atoms in total. The standard InChI is InChI=1S/C7H5F4N/c1-4-5(7(9,10)11)2-12-3-6(4)8/h2-3H,1H3. The van der Waals surface area contributed by atoms with Crippen molar-refractivity contribution >= 4 is 0 Å². The van der Waals surface area contributed by atoms with Crippen LogP contribution in [0.3, 0.4) is 0 Å². The van der Waals surface area contributed by atoms with Crippen LogP contribution in [0, 0.1) is 12.7 Å². The molecule has 0 radical (unpaired) electrons. The molecule has 0 N–H and O–H groups in total. The first kappa shape index (κ1) is 8.96. The van der Waals surface area contributed by atoms with Crippen LogP contribution in [0.15, 0.2) is 12.4 Å². The van der Waals surface area contributed by atoms with Gasteiger partial charge in [-0.2, -0.15) is 13.2 Å². The Labute approximate surface area is 66.0 Å². The maximum Gasteiger partial charge on any atom is 0.418 e. The summed E-state index contributed by atoms with van der Waals surface area (Å²) < 4.78 is 48.6. The smallest absolute Gasteiger partial charge is 0.261 e. The van der Waals surface area contributed by atoms with Gasteiger partial charge in [0.15, 0.2) is 0 Å². The number of pyridine rings is 1. The quantitative estimate of drug-likeness (QED) is 0.557. The Balaban J connectivity index is 3.26. The Bertz CT molecular complexity index is 292. The normalized spacial score (nSPS) is 11.8. The highest BCUT2D eigenvalue weighted by molar-refractivity contribution is 5.25. The van der Waals surface area contributed by atoms with Crippen molar-refractivity contribution in [2.45, 2.75) is 13.1 Å². The van der Waals surface area contributed by atoms with E-state index >= 15 is 0 Å². The topological polar surface area (TPSA) is 12.9 Å². The summed E-state index contributed by atoms with van der Waals surface area (Å²) in [5.74, 6) is -0.940. The fourth-order valence-corrected chi connectivity index (χ4v) is 0.785. The lowest BCUT2D eigenvalue weighted by Crippen LogP contribution is -2.09. The number of halogens is 4. The third-order valence-corrected chi connectivity index (χ3v) is 1.46. The van der Waals surface area contributed by atoms with Crippen molar-refractivity contribution in [3.63, 3.8) is 0 Å². The van der Waals surface area contributed by atoms with Crippen LogP contribution in [0.4, 0.5) is 17.6 Å². The zero-order valence-electron chi connectivity index (χ0n) is 6.11. The summed E-state index contributed by atoms with van der Waals surface area (Å²) in [6.45, 7) is 1.07. The first-order chi connectivity index (χ1) is 5.43. The van der Waals surface area contributed by atoms with Crippen LogP contribution in [0.5, 0.6) is 0 Å². The first-order valence-electron chi connectivity index (χ1n) is 3.10. The summed E-state index contributed by atoms with van der Waals surface area (Å²) in [4.78, 5) is 3.12. The van der Waals surface area contributed by atoms with E-state index in [4.69, 9.17) is 0 Å². The average molecular weight is 179 g/mol. The predicted molar refractivity (Wildman–Crippen MR) is 33.9 cm³/mol. The van der Waals surface area contributed by atoms with Gasteiger partial charge < -0.3 is 0 Å². The summed E-state index contributed by atoms with van der Waals surface area (Å²) in [6, 6.07) is 0. The number of nitrogens with zero attached hydrogens (tertiary/aromatic N) is 1. The van der Waals surface area contributed by atoms with Gasteiger partial charge in [0.05, 0.1) is 11.8 Å². The van der Waals surface area contributed by atoms with Crippen molar-refractivity contribution in [3.8, 4) is 0 Å². The Morgan fingerprint density at radius 1 is 1.25 bits per heavy atom. The average Bonchev–Trinajstić information content (AvgIpc) is 1.92. The lowest BCUT2D eigenvalue weighted by molar-refractivity contribution is -0.138. The van der Waals surface area contributed by atoms with Gasteiger partial charge in [-0.15, -0.1) is 0 Å². The molecule has 0 unspecified atom stereocenters. The lowest BCUT2D eigenvalue weighted by atomic mass is 10.1. The van der Waals surface area contributed by atoms with Crippen LogP contribution < -0.4 is 0 Å². The molecule has 0 amide bonds. The van der Waals surface area contributed by atoms with E-state index in [1.54, 1.807) is 0 Å². The molecule has 0 spiro atoms. The second kappa shape index (κ2) is 2.73. The van der Waals surface area contributed by atoms with Crippen molar-refractivity contribution in [2.24, 2.45) is 0 Å². The maximum atomic E-state index is 12.5. The molecule has 0 fully saturated rings. The zero-order valence-corrected chi connectivity index (χ0v) is 6.11. The minimum Gasteiger partial charge on any atom is -0.261 e. The van der Waals surface area contributed by atoms with E-state index in [9.17, 15) is 17.6 Å². The monoisotopic (exact) mass is 179 g/mol. The van der Waals surface area contributed by atoms with Crippen LogP contribution in [-0.2, 0) is 6.18 Å². The molecular formula is C7H5F4N. The number of aromatic nitrogens is 1. The molecule has 0 aliphatic rings. The summed E-state index contributed by atoms with van der Waals surface area (Å²) in [5, 5.41) is 0. The largest absolute Gasteiger partial charge is 0.418 e. The van der Waals surface area contributed by atoms with Crippen molar-refractivity contribution < 1.29 is 17.6 Å². The Morgan fingerprint density at radius 2 is 1.83 bits per heavy atom. The molecule has 0 bridgehead atoms. The number of alkyl halides is 3. The van der Waals surface area contributed by atoms with E-state index in [0.29, 0.717) is 6.20 Å². The molecule has 66 valence electrons. The Morgan fingerprint density at radius 3 is 2.25 bits per heavy atom. The van der Waals surface area contributed by atoms with E-state index in [1.165, 1.54) is 0 Å². The van der Waals surface area contributed by atoms with Gasteiger partial charge in [-0.05, 0) is 6.92 Å². The molecule has 1 aromatic rings. The van der Waals surface area contributed by atoms with Crippen LogP contribution in [0.25, 0.3) is 0 Å².